The Morgan fingerprint density at radius 1 is 1.44 bits per heavy atom. The first-order valence-corrected chi connectivity index (χ1v) is 4.64. The number of nitrogens with two attached hydrogens (primary N) is 2. The number of pyridine rings is 1. The molecule has 0 aliphatic heterocycles. The van der Waals surface area contributed by atoms with Gasteiger partial charge in [0, 0.05) is 12.2 Å². The molecule has 1 aromatic heterocycles. The van der Waals surface area contributed by atoms with Crippen molar-refractivity contribution in [2.75, 3.05) is 5.73 Å². The Morgan fingerprint density at radius 2 is 2.12 bits per heavy atom. The van der Waals surface area contributed by atoms with E-state index in [4.69, 9.17) is 11.6 Å². The van der Waals surface area contributed by atoms with E-state index in [1.54, 1.807) is 6.07 Å². The van der Waals surface area contributed by atoms with Crippen LogP contribution in [0.3, 0.4) is 0 Å². The lowest BCUT2D eigenvalue weighted by molar-refractivity contribution is -0.140. The quantitative estimate of drug-likeness (QED) is 0.536. The van der Waals surface area contributed by atoms with Crippen LogP contribution in [0.25, 0.3) is 0 Å². The third kappa shape index (κ3) is 4.45. The molecule has 90 valence electrons. The lowest BCUT2D eigenvalue weighted by Gasteiger charge is -2.17. The van der Waals surface area contributed by atoms with Gasteiger partial charge in [0.1, 0.15) is 5.82 Å². The van der Waals surface area contributed by atoms with Gasteiger partial charge in [-0.3, -0.25) is 11.3 Å². The Labute approximate surface area is 90.8 Å². The molecule has 0 spiro atoms. The topological polar surface area (TPSA) is 77.0 Å². The van der Waals surface area contributed by atoms with Gasteiger partial charge in [0.2, 0.25) is 0 Å². The van der Waals surface area contributed by atoms with E-state index in [1.165, 1.54) is 12.3 Å². The Kier molecular flexibility index (Phi) is 4.08. The summed E-state index contributed by atoms with van der Waals surface area (Å²) in [5, 5.41) is 0. The maximum atomic E-state index is 12.1. The van der Waals surface area contributed by atoms with Gasteiger partial charge in [0.05, 0.1) is 6.42 Å². The van der Waals surface area contributed by atoms with Crippen LogP contribution < -0.4 is 17.0 Å². The SMILES string of the molecule is NNC(Cc1ccnc(N)c1)CC(F)(F)F. The lowest BCUT2D eigenvalue weighted by Crippen LogP contribution is -2.40. The van der Waals surface area contributed by atoms with Gasteiger partial charge < -0.3 is 5.73 Å². The van der Waals surface area contributed by atoms with Crippen LogP contribution in [0.5, 0.6) is 0 Å². The Morgan fingerprint density at radius 3 is 2.62 bits per heavy atom. The first kappa shape index (κ1) is 12.7. The number of alkyl halides is 3. The summed E-state index contributed by atoms with van der Waals surface area (Å²) in [7, 11) is 0. The van der Waals surface area contributed by atoms with Crippen LogP contribution in [0.4, 0.5) is 19.0 Å². The molecule has 0 aromatic carbocycles. The molecule has 1 rings (SSSR count). The molecule has 0 aliphatic carbocycles. The van der Waals surface area contributed by atoms with E-state index in [0.717, 1.165) is 0 Å². The van der Waals surface area contributed by atoms with Gasteiger partial charge >= 0.3 is 6.18 Å². The Bertz CT molecular complexity index is 340. The van der Waals surface area contributed by atoms with Gasteiger partial charge in [0.15, 0.2) is 0 Å². The second kappa shape index (κ2) is 5.13. The second-order valence-corrected chi connectivity index (χ2v) is 3.48. The average molecular weight is 234 g/mol. The number of nitrogen functional groups attached to an aromatic ring is 1. The zero-order chi connectivity index (χ0) is 12.2. The Balaban J connectivity index is 2.63. The Hall–Kier alpha value is -1.34. The van der Waals surface area contributed by atoms with Gasteiger partial charge in [-0.15, -0.1) is 0 Å². The summed E-state index contributed by atoms with van der Waals surface area (Å²) < 4.78 is 36.4. The third-order valence-electron chi connectivity index (χ3n) is 2.04. The molecule has 0 amide bonds. The van der Waals surface area contributed by atoms with Crippen LogP contribution in [-0.2, 0) is 6.42 Å². The predicted molar refractivity (Wildman–Crippen MR) is 54.1 cm³/mol. The molecule has 0 saturated heterocycles. The van der Waals surface area contributed by atoms with Crippen molar-refractivity contribution in [3.8, 4) is 0 Å². The molecule has 4 nitrogen and oxygen atoms in total. The third-order valence-corrected chi connectivity index (χ3v) is 2.04. The van der Waals surface area contributed by atoms with Gasteiger partial charge in [-0.25, -0.2) is 4.98 Å². The summed E-state index contributed by atoms with van der Waals surface area (Å²) in [5.74, 6) is 5.35. The summed E-state index contributed by atoms with van der Waals surface area (Å²) in [5.41, 5.74) is 8.23. The van der Waals surface area contributed by atoms with Crippen molar-refractivity contribution in [3.63, 3.8) is 0 Å². The first-order valence-electron chi connectivity index (χ1n) is 4.64. The molecule has 7 heteroatoms. The van der Waals surface area contributed by atoms with Crippen molar-refractivity contribution in [2.45, 2.75) is 25.1 Å². The number of nitrogens with one attached hydrogen (secondary N) is 1. The minimum absolute atomic E-state index is 0.155. The summed E-state index contributed by atoms with van der Waals surface area (Å²) >= 11 is 0. The minimum atomic E-state index is -4.24. The summed E-state index contributed by atoms with van der Waals surface area (Å²) in [6.07, 6.45) is -3.62. The lowest BCUT2D eigenvalue weighted by atomic mass is 10.0. The molecule has 0 bridgehead atoms. The van der Waals surface area contributed by atoms with Crippen LogP contribution in [0, 0.1) is 0 Å². The summed E-state index contributed by atoms with van der Waals surface area (Å²) in [4.78, 5) is 3.75. The molecule has 1 unspecified atom stereocenters. The largest absolute Gasteiger partial charge is 0.390 e. The van der Waals surface area contributed by atoms with Crippen LogP contribution in [0.15, 0.2) is 18.3 Å². The van der Waals surface area contributed by atoms with Crippen LogP contribution in [-0.4, -0.2) is 17.2 Å². The number of aromatic nitrogens is 1. The van der Waals surface area contributed by atoms with Gasteiger partial charge in [-0.05, 0) is 24.1 Å². The normalized spacial score (nSPS) is 13.8. The highest BCUT2D eigenvalue weighted by Crippen LogP contribution is 2.22. The fourth-order valence-electron chi connectivity index (χ4n) is 1.38. The zero-order valence-electron chi connectivity index (χ0n) is 8.46. The van der Waals surface area contributed by atoms with Crippen LogP contribution in [0.2, 0.25) is 0 Å². The fourth-order valence-corrected chi connectivity index (χ4v) is 1.38. The molecular weight excluding hydrogens is 221 g/mol. The number of hydrazine groups is 1. The molecule has 0 fully saturated rings. The molecule has 0 aliphatic rings. The maximum Gasteiger partial charge on any atom is 0.390 e. The molecule has 5 N–H and O–H groups in total. The number of rotatable bonds is 4. The number of anilines is 1. The van der Waals surface area contributed by atoms with Crippen molar-refractivity contribution in [1.29, 1.82) is 0 Å². The summed E-state index contributed by atoms with van der Waals surface area (Å²) in [6, 6.07) is 2.28. The van der Waals surface area contributed by atoms with Crippen LogP contribution >= 0.6 is 0 Å². The van der Waals surface area contributed by atoms with Gasteiger partial charge in [0.25, 0.3) is 0 Å². The van der Waals surface area contributed by atoms with Crippen molar-refractivity contribution < 1.29 is 13.2 Å². The molecule has 16 heavy (non-hydrogen) atoms. The monoisotopic (exact) mass is 234 g/mol. The standard InChI is InChI=1S/C9H13F3N4/c10-9(11,12)5-7(16-14)3-6-1-2-15-8(13)4-6/h1-2,4,7,16H,3,5,14H2,(H2,13,15). The number of hydrogen-bond acceptors (Lipinski definition) is 4. The van der Waals surface area contributed by atoms with E-state index in [2.05, 4.69) is 10.4 Å². The van der Waals surface area contributed by atoms with Crippen LogP contribution in [0.1, 0.15) is 12.0 Å². The summed E-state index contributed by atoms with van der Waals surface area (Å²) in [6.45, 7) is 0. The van der Waals surface area contributed by atoms with E-state index in [1.807, 2.05) is 0 Å². The smallest absolute Gasteiger partial charge is 0.384 e. The fraction of sp³-hybridized carbons (Fsp3) is 0.444. The van der Waals surface area contributed by atoms with E-state index >= 15 is 0 Å². The average Bonchev–Trinajstić information content (AvgIpc) is 2.14. The van der Waals surface area contributed by atoms with Crippen molar-refractivity contribution in [1.82, 2.24) is 10.4 Å². The van der Waals surface area contributed by atoms with Gasteiger partial charge in [-0.1, -0.05) is 0 Å². The van der Waals surface area contributed by atoms with E-state index in [9.17, 15) is 13.2 Å². The molecule has 0 radical (unpaired) electrons. The number of halogens is 3. The van der Waals surface area contributed by atoms with E-state index < -0.39 is 18.6 Å². The van der Waals surface area contributed by atoms with Crippen molar-refractivity contribution >= 4 is 5.82 Å². The molecule has 1 atom stereocenters. The highest BCUT2D eigenvalue weighted by atomic mass is 19.4. The first-order chi connectivity index (χ1) is 7.40. The minimum Gasteiger partial charge on any atom is -0.384 e. The predicted octanol–water partition coefficient (Wildman–Crippen LogP) is 0.991. The van der Waals surface area contributed by atoms with Crippen molar-refractivity contribution in [3.05, 3.63) is 23.9 Å². The highest BCUT2D eigenvalue weighted by Gasteiger charge is 2.31. The van der Waals surface area contributed by atoms with E-state index in [0.29, 0.717) is 5.56 Å². The number of nitrogens with zero attached hydrogens (tertiary/aromatic N) is 1. The van der Waals surface area contributed by atoms with Gasteiger partial charge in [-0.2, -0.15) is 13.2 Å². The molecule has 1 heterocycles. The molecule has 0 saturated carbocycles. The van der Waals surface area contributed by atoms with E-state index in [-0.39, 0.29) is 12.2 Å². The molecule has 1 aromatic rings. The zero-order valence-corrected chi connectivity index (χ0v) is 8.46. The number of hydrogen-bond donors (Lipinski definition) is 3. The molecular formula is C9H13F3N4. The highest BCUT2D eigenvalue weighted by molar-refractivity contribution is 5.32. The second-order valence-electron chi connectivity index (χ2n) is 3.48. The maximum absolute atomic E-state index is 12.1. The van der Waals surface area contributed by atoms with Crippen molar-refractivity contribution in [2.24, 2.45) is 5.84 Å².